The number of oxime groups is 1. The van der Waals surface area contributed by atoms with E-state index in [-0.39, 0.29) is 41.3 Å². The summed E-state index contributed by atoms with van der Waals surface area (Å²) in [5.74, 6) is -2.85. The second-order valence-corrected chi connectivity index (χ2v) is 10.6. The van der Waals surface area contributed by atoms with E-state index < -0.39 is 54.1 Å². The molecule has 2 aliphatic heterocycles. The zero-order valence-corrected chi connectivity index (χ0v) is 23.1. The summed E-state index contributed by atoms with van der Waals surface area (Å²) < 4.78 is 19.7. The molecule has 1 saturated heterocycles. The lowest BCUT2D eigenvalue weighted by molar-refractivity contribution is -0.662. The molecule has 0 aromatic carbocycles. The molecule has 0 bridgehead atoms. The number of aromatic nitrogens is 5. The van der Waals surface area contributed by atoms with Crippen LogP contribution in [0.4, 0.5) is 15.3 Å². The Labute approximate surface area is 243 Å². The Kier molecular flexibility index (Phi) is 8.27. The number of carbonyl (C=O) groups excluding carboxylic acids is 3. The number of carbonyl (C=O) groups is 4. The molecule has 7 N–H and O–H groups in total. The second-order valence-electron chi connectivity index (χ2n) is 8.74. The normalized spacial score (nSPS) is 18.5. The van der Waals surface area contributed by atoms with E-state index in [2.05, 4.69) is 30.2 Å². The highest BCUT2D eigenvalue weighted by Gasteiger charge is 2.54. The summed E-state index contributed by atoms with van der Waals surface area (Å²) in [4.78, 5) is 59.8. The zero-order chi connectivity index (χ0) is 30.0. The number of anilines is 2. The Morgan fingerprint density at radius 2 is 2.14 bits per heavy atom. The number of nitrogen functional groups attached to an aromatic ring is 1. The van der Waals surface area contributed by atoms with Crippen LogP contribution >= 0.6 is 23.3 Å². The van der Waals surface area contributed by atoms with Crippen LogP contribution in [0.25, 0.3) is 5.65 Å². The molecule has 2 aliphatic rings. The third-order valence-corrected chi connectivity index (χ3v) is 7.95. The maximum absolute atomic E-state index is 13.1. The number of imidazole rings is 1. The topological polar surface area (TPSA) is 236 Å². The number of hydrogen-bond acceptors (Lipinski definition) is 13. The molecular weight excluding hydrogens is 597 g/mol. The number of nitrogens with one attached hydrogen (secondary N) is 2. The first-order valence-electron chi connectivity index (χ1n) is 12.2. The van der Waals surface area contributed by atoms with Crippen LogP contribution in [0.5, 0.6) is 0 Å². The fourth-order valence-electron chi connectivity index (χ4n) is 4.26. The fraction of sp³-hybridized carbons (Fsp3) is 0.318. The van der Waals surface area contributed by atoms with Crippen molar-refractivity contribution >= 4 is 69.3 Å². The third-order valence-electron chi connectivity index (χ3n) is 6.07. The van der Waals surface area contributed by atoms with Crippen LogP contribution in [-0.2, 0) is 30.6 Å². The highest BCUT2D eigenvalue weighted by molar-refractivity contribution is 8.00. The van der Waals surface area contributed by atoms with Crippen molar-refractivity contribution in [2.75, 3.05) is 36.6 Å². The summed E-state index contributed by atoms with van der Waals surface area (Å²) in [5, 5.41) is 22.4. The fourth-order valence-corrected chi connectivity index (χ4v) is 6.03. The number of fused-ring (bicyclic) bond motifs is 2. The summed E-state index contributed by atoms with van der Waals surface area (Å²) in [7, 11) is 0. The lowest BCUT2D eigenvalue weighted by atomic mass is 10.0. The summed E-state index contributed by atoms with van der Waals surface area (Å²) in [6, 6.07) is 2.20. The minimum absolute atomic E-state index is 0.0527. The van der Waals surface area contributed by atoms with E-state index in [1.165, 1.54) is 16.3 Å². The molecule has 20 heteroatoms. The maximum Gasteiger partial charge on any atom is 0.352 e. The lowest BCUT2D eigenvalue weighted by Crippen LogP contribution is -2.71. The first kappa shape index (κ1) is 28.8. The molecule has 3 aromatic rings. The number of rotatable bonds is 11. The average molecular weight is 621 g/mol. The van der Waals surface area contributed by atoms with Crippen molar-refractivity contribution in [3.05, 3.63) is 41.6 Å². The van der Waals surface area contributed by atoms with Gasteiger partial charge in [-0.1, -0.05) is 14.8 Å². The van der Waals surface area contributed by atoms with Crippen molar-refractivity contribution < 1.29 is 38.1 Å². The third kappa shape index (κ3) is 5.58. The van der Waals surface area contributed by atoms with Gasteiger partial charge in [-0.15, -0.1) is 11.8 Å². The monoisotopic (exact) mass is 620 g/mol. The number of alkyl halides is 1. The van der Waals surface area contributed by atoms with E-state index in [9.17, 15) is 28.7 Å². The van der Waals surface area contributed by atoms with Gasteiger partial charge >= 0.3 is 11.6 Å². The van der Waals surface area contributed by atoms with Crippen LogP contribution in [0.2, 0.25) is 0 Å². The smallest absolute Gasteiger partial charge is 0.352 e. The Morgan fingerprint density at radius 1 is 1.33 bits per heavy atom. The highest BCUT2D eigenvalue weighted by atomic mass is 32.2. The van der Waals surface area contributed by atoms with Crippen LogP contribution < -0.4 is 26.7 Å². The van der Waals surface area contributed by atoms with Crippen molar-refractivity contribution in [3.63, 3.8) is 0 Å². The molecule has 1 fully saturated rings. The molecule has 0 unspecified atom stereocenters. The number of nitrogens with two attached hydrogens (primary N) is 2. The Balaban J connectivity index is 1.34. The maximum atomic E-state index is 13.1. The summed E-state index contributed by atoms with van der Waals surface area (Å²) in [6.07, 6.45) is 3.32. The molecular formula is C22H23FN11O6S2+. The van der Waals surface area contributed by atoms with Gasteiger partial charge in [-0.3, -0.25) is 19.3 Å². The molecule has 5 heterocycles. The van der Waals surface area contributed by atoms with Gasteiger partial charge in [-0.2, -0.15) is 9.36 Å². The number of carboxylic acid groups (broad SMARTS) is 1. The molecule has 2 atom stereocenters. The molecule has 17 nitrogen and oxygen atoms in total. The van der Waals surface area contributed by atoms with Gasteiger partial charge in [0, 0.05) is 28.9 Å². The molecule has 3 amide bonds. The second kappa shape index (κ2) is 12.0. The van der Waals surface area contributed by atoms with Crippen LogP contribution in [0.3, 0.4) is 0 Å². The van der Waals surface area contributed by atoms with Crippen LogP contribution in [0.15, 0.2) is 41.0 Å². The van der Waals surface area contributed by atoms with Gasteiger partial charge in [-0.25, -0.2) is 13.8 Å². The number of halogens is 1. The first-order valence-corrected chi connectivity index (χ1v) is 14.0. The Morgan fingerprint density at radius 3 is 2.83 bits per heavy atom. The van der Waals surface area contributed by atoms with Crippen LogP contribution in [0.1, 0.15) is 5.82 Å². The Hall–Kier alpha value is -4.69. The zero-order valence-electron chi connectivity index (χ0n) is 21.5. The summed E-state index contributed by atoms with van der Waals surface area (Å²) in [6.45, 7) is -1.33. The number of amides is 3. The average Bonchev–Trinajstić information content (AvgIpc) is 3.58. The Bertz CT molecular complexity index is 1640. The quantitative estimate of drug-likeness (QED) is 0.0519. The predicted octanol–water partition coefficient (Wildman–Crippen LogP) is -1.92. The largest absolute Gasteiger partial charge is 0.477 e. The number of hydrogen-bond donors (Lipinski definition) is 5. The van der Waals surface area contributed by atoms with Crippen molar-refractivity contribution in [2.45, 2.75) is 18.0 Å². The molecule has 220 valence electrons. The van der Waals surface area contributed by atoms with Gasteiger partial charge in [0.1, 0.15) is 43.1 Å². The van der Waals surface area contributed by atoms with Crippen molar-refractivity contribution in [1.29, 1.82) is 0 Å². The van der Waals surface area contributed by atoms with E-state index in [4.69, 9.17) is 16.3 Å². The SMILES string of the molecule is NCC(=O)Nc1ccc2n(cc[n+]2CC2=C(C(=O)O)N3C(=O)[C@@H](NC(=O)/C(=N\OCCF)c4nsc(N)n4)[C@H]3SC2)n1. The molecule has 0 saturated carbocycles. The standard InChI is InChI=1S/C22H22FN11O6S2/c23-3-6-40-30-14(17-28-22(25)42-31-17)18(36)27-15-19(37)34-16(21(38)39)10(9-41-20(15)34)8-32-4-5-33-13(32)2-1-11(29-33)26-12(35)7-24/h1-2,4-5,15,20H,3,6-9,24H2,(H4-,25,26,27,28,29,31,35,36,38,39)/p+1/b30-14-/t15-,20-/m1/s1. The molecule has 0 radical (unpaired) electrons. The van der Waals surface area contributed by atoms with E-state index in [1.807, 2.05) is 0 Å². The number of thioether (sulfide) groups is 1. The van der Waals surface area contributed by atoms with Crippen molar-refractivity contribution in [2.24, 2.45) is 10.9 Å². The van der Waals surface area contributed by atoms with E-state index in [1.54, 1.807) is 29.1 Å². The minimum Gasteiger partial charge on any atom is -0.477 e. The minimum atomic E-state index is -1.30. The number of nitrogens with zero attached hydrogens (tertiary/aromatic N) is 7. The van der Waals surface area contributed by atoms with E-state index >= 15 is 0 Å². The molecule has 3 aromatic heterocycles. The summed E-state index contributed by atoms with van der Waals surface area (Å²) in [5.41, 5.74) is 11.4. The lowest BCUT2D eigenvalue weighted by Gasteiger charge is -2.49. The van der Waals surface area contributed by atoms with Crippen LogP contribution in [-0.4, -0.2) is 95.4 Å². The number of carboxylic acids is 1. The summed E-state index contributed by atoms with van der Waals surface area (Å²) >= 11 is 2.08. The molecule has 5 rings (SSSR count). The van der Waals surface area contributed by atoms with Gasteiger partial charge in [0.25, 0.3) is 11.8 Å². The van der Waals surface area contributed by atoms with E-state index in [0.717, 1.165) is 16.4 Å². The van der Waals surface area contributed by atoms with Gasteiger partial charge in [0.05, 0.1) is 6.54 Å². The van der Waals surface area contributed by atoms with Gasteiger partial charge in [-0.05, 0) is 6.07 Å². The molecule has 0 spiro atoms. The molecule has 42 heavy (non-hydrogen) atoms. The molecule has 0 aliphatic carbocycles. The van der Waals surface area contributed by atoms with E-state index in [0.29, 0.717) is 11.2 Å². The van der Waals surface area contributed by atoms with Gasteiger partial charge < -0.3 is 32.0 Å². The van der Waals surface area contributed by atoms with Crippen molar-refractivity contribution in [1.82, 2.24) is 29.2 Å². The predicted molar refractivity (Wildman–Crippen MR) is 146 cm³/mol. The first-order chi connectivity index (χ1) is 20.2. The van der Waals surface area contributed by atoms with Gasteiger partial charge in [0.2, 0.25) is 17.4 Å². The number of β-lactam (4-membered cyclic amide) rings is 1. The highest BCUT2D eigenvalue weighted by Crippen LogP contribution is 2.40. The number of aliphatic carboxylic acids is 1. The van der Waals surface area contributed by atoms with Crippen LogP contribution in [0, 0.1) is 0 Å². The van der Waals surface area contributed by atoms with Gasteiger partial charge in [0.15, 0.2) is 17.1 Å². The van der Waals surface area contributed by atoms with Crippen molar-refractivity contribution in [3.8, 4) is 0 Å².